The Morgan fingerprint density at radius 1 is 1.27 bits per heavy atom. The summed E-state index contributed by atoms with van der Waals surface area (Å²) < 4.78 is 0. The zero-order chi connectivity index (χ0) is 9.42. The van der Waals surface area contributed by atoms with Crippen molar-refractivity contribution in [2.75, 3.05) is 24.7 Å². The highest BCUT2D eigenvalue weighted by atomic mass is 35.5. The summed E-state index contributed by atoms with van der Waals surface area (Å²) in [6.45, 7) is 0. The number of aromatic amines is 1. The van der Waals surface area contributed by atoms with E-state index in [1.165, 1.54) is 0 Å². The van der Waals surface area contributed by atoms with Crippen molar-refractivity contribution in [2.45, 2.75) is 0 Å². The number of hydrogen-bond acceptors (Lipinski definition) is 3. The van der Waals surface area contributed by atoms with Gasteiger partial charge in [-0.25, -0.2) is 4.98 Å². The van der Waals surface area contributed by atoms with Crippen molar-refractivity contribution in [3.05, 3.63) is 18.2 Å². The highest BCUT2D eigenvalue weighted by molar-refractivity contribution is 5.85. The maximum atomic E-state index is 5.65. The Labute approximate surface area is 101 Å². The number of anilines is 2. The first-order chi connectivity index (χ1) is 6.16. The Morgan fingerprint density at radius 3 is 2.53 bits per heavy atom. The minimum absolute atomic E-state index is 0. The van der Waals surface area contributed by atoms with Gasteiger partial charge in [0.25, 0.3) is 0 Å². The minimum atomic E-state index is 0. The molecule has 0 saturated carbocycles. The van der Waals surface area contributed by atoms with Crippen molar-refractivity contribution < 1.29 is 0 Å². The first-order valence-electron chi connectivity index (χ1n) is 4.09. The lowest BCUT2D eigenvalue weighted by atomic mass is 10.3. The molecule has 0 bridgehead atoms. The predicted octanol–water partition coefficient (Wildman–Crippen LogP) is 2.05. The highest BCUT2D eigenvalue weighted by Gasteiger charge is 2.03. The number of benzene rings is 1. The van der Waals surface area contributed by atoms with Crippen LogP contribution in [-0.2, 0) is 0 Å². The number of nitrogens with zero attached hydrogens (tertiary/aromatic N) is 2. The molecule has 6 heteroatoms. The maximum absolute atomic E-state index is 5.65. The molecule has 0 saturated heterocycles. The van der Waals surface area contributed by atoms with E-state index in [2.05, 4.69) is 9.97 Å². The molecule has 2 aromatic rings. The summed E-state index contributed by atoms with van der Waals surface area (Å²) in [5.74, 6) is 0.848. The van der Waals surface area contributed by atoms with Crippen LogP contribution in [0.5, 0.6) is 0 Å². The van der Waals surface area contributed by atoms with Gasteiger partial charge in [0, 0.05) is 19.8 Å². The summed E-state index contributed by atoms with van der Waals surface area (Å²) >= 11 is 0. The second kappa shape index (κ2) is 5.09. The van der Waals surface area contributed by atoms with Gasteiger partial charge in [-0.1, -0.05) is 0 Å². The van der Waals surface area contributed by atoms with E-state index in [0.29, 0.717) is 0 Å². The predicted molar refractivity (Wildman–Crippen MR) is 69.3 cm³/mol. The van der Waals surface area contributed by atoms with E-state index in [1.807, 2.05) is 37.2 Å². The van der Waals surface area contributed by atoms with Gasteiger partial charge in [-0.05, 0) is 18.2 Å². The molecule has 0 amide bonds. The molecule has 1 aromatic carbocycles. The summed E-state index contributed by atoms with van der Waals surface area (Å²) in [6, 6.07) is 5.64. The fourth-order valence-corrected chi connectivity index (χ4v) is 1.23. The monoisotopic (exact) mass is 248 g/mol. The van der Waals surface area contributed by atoms with Crippen LogP contribution < -0.4 is 10.6 Å². The van der Waals surface area contributed by atoms with Gasteiger partial charge in [-0.15, -0.1) is 24.8 Å². The molecular weight excluding hydrogens is 235 g/mol. The Bertz CT molecular complexity index is 439. The first-order valence-corrected chi connectivity index (χ1v) is 4.09. The fraction of sp³-hybridized carbons (Fsp3) is 0.222. The van der Waals surface area contributed by atoms with Crippen LogP contribution >= 0.6 is 24.8 Å². The zero-order valence-corrected chi connectivity index (χ0v) is 10.2. The molecule has 0 spiro atoms. The van der Waals surface area contributed by atoms with Crippen molar-refractivity contribution in [3.63, 3.8) is 0 Å². The number of halogens is 2. The number of nitrogens with two attached hydrogens (primary N) is 1. The van der Waals surface area contributed by atoms with Crippen molar-refractivity contribution in [2.24, 2.45) is 0 Å². The van der Waals surface area contributed by atoms with Crippen LogP contribution in [0.3, 0.4) is 0 Å². The molecule has 0 aliphatic heterocycles. The molecule has 1 heterocycles. The normalized spacial score (nSPS) is 9.20. The van der Waals surface area contributed by atoms with Gasteiger partial charge >= 0.3 is 0 Å². The standard InChI is InChI=1S/C9H12N4.2ClH/c1-13(2)9-11-7-4-3-6(10)5-8(7)12-9;;/h3-5H,10H2,1-2H3,(H,11,12);2*1H. The third-order valence-corrected chi connectivity index (χ3v) is 1.92. The number of rotatable bonds is 1. The van der Waals surface area contributed by atoms with Gasteiger partial charge in [0.05, 0.1) is 11.0 Å². The van der Waals surface area contributed by atoms with Crippen LogP contribution in [0.2, 0.25) is 0 Å². The lowest BCUT2D eigenvalue weighted by Gasteiger charge is -2.05. The largest absolute Gasteiger partial charge is 0.399 e. The fourth-order valence-electron chi connectivity index (χ4n) is 1.23. The van der Waals surface area contributed by atoms with Crippen molar-refractivity contribution in [3.8, 4) is 0 Å². The van der Waals surface area contributed by atoms with Gasteiger partial charge < -0.3 is 15.6 Å². The smallest absolute Gasteiger partial charge is 0.203 e. The molecule has 0 atom stereocenters. The number of imidazole rings is 1. The average molecular weight is 249 g/mol. The van der Waals surface area contributed by atoms with E-state index in [1.54, 1.807) is 0 Å². The molecule has 84 valence electrons. The topological polar surface area (TPSA) is 57.9 Å². The highest BCUT2D eigenvalue weighted by Crippen LogP contribution is 2.17. The van der Waals surface area contributed by atoms with E-state index < -0.39 is 0 Å². The number of aromatic nitrogens is 2. The van der Waals surface area contributed by atoms with Gasteiger partial charge in [0.15, 0.2) is 0 Å². The molecule has 0 aliphatic carbocycles. The van der Waals surface area contributed by atoms with Gasteiger partial charge in [-0.3, -0.25) is 0 Å². The lowest BCUT2D eigenvalue weighted by Crippen LogP contribution is -2.09. The minimum Gasteiger partial charge on any atom is -0.399 e. The van der Waals surface area contributed by atoms with Gasteiger partial charge in [0.1, 0.15) is 0 Å². The zero-order valence-electron chi connectivity index (χ0n) is 8.52. The van der Waals surface area contributed by atoms with Gasteiger partial charge in [0.2, 0.25) is 5.95 Å². The molecule has 0 radical (unpaired) electrons. The van der Waals surface area contributed by atoms with Crippen LogP contribution in [0.1, 0.15) is 0 Å². The van der Waals surface area contributed by atoms with Crippen molar-refractivity contribution in [1.29, 1.82) is 0 Å². The summed E-state index contributed by atoms with van der Waals surface area (Å²) in [4.78, 5) is 9.47. The summed E-state index contributed by atoms with van der Waals surface area (Å²) in [7, 11) is 3.89. The van der Waals surface area contributed by atoms with Crippen molar-refractivity contribution >= 4 is 47.5 Å². The van der Waals surface area contributed by atoms with Crippen LogP contribution in [0, 0.1) is 0 Å². The molecular formula is C9H14Cl2N4. The molecule has 2 rings (SSSR count). The van der Waals surface area contributed by atoms with Crippen LogP contribution in [0.4, 0.5) is 11.6 Å². The molecule has 1 aromatic heterocycles. The van der Waals surface area contributed by atoms with Crippen LogP contribution in [0.15, 0.2) is 18.2 Å². The van der Waals surface area contributed by atoms with E-state index in [0.717, 1.165) is 22.7 Å². The number of nitrogen functional groups attached to an aromatic ring is 1. The third kappa shape index (κ3) is 2.67. The van der Waals surface area contributed by atoms with Crippen molar-refractivity contribution in [1.82, 2.24) is 9.97 Å². The third-order valence-electron chi connectivity index (χ3n) is 1.92. The van der Waals surface area contributed by atoms with Crippen LogP contribution in [-0.4, -0.2) is 24.1 Å². The average Bonchev–Trinajstić information content (AvgIpc) is 2.46. The van der Waals surface area contributed by atoms with Crippen LogP contribution in [0.25, 0.3) is 11.0 Å². The van der Waals surface area contributed by atoms with E-state index >= 15 is 0 Å². The molecule has 3 N–H and O–H groups in total. The molecule has 0 unspecified atom stereocenters. The first kappa shape index (κ1) is 13.9. The second-order valence-electron chi connectivity index (χ2n) is 3.23. The Balaban J connectivity index is 0.000000980. The Kier molecular flexibility index (Phi) is 4.71. The number of hydrogen-bond donors (Lipinski definition) is 2. The van der Waals surface area contributed by atoms with Gasteiger partial charge in [-0.2, -0.15) is 0 Å². The molecule has 15 heavy (non-hydrogen) atoms. The summed E-state index contributed by atoms with van der Waals surface area (Å²) in [5.41, 5.74) is 8.32. The lowest BCUT2D eigenvalue weighted by molar-refractivity contribution is 1.05. The van der Waals surface area contributed by atoms with E-state index in [-0.39, 0.29) is 24.8 Å². The quantitative estimate of drug-likeness (QED) is 0.760. The molecule has 0 aliphatic rings. The molecule has 0 fully saturated rings. The second-order valence-corrected chi connectivity index (χ2v) is 3.23. The SMILES string of the molecule is CN(C)c1nc2ccc(N)cc2[nH]1.Cl.Cl. The van der Waals surface area contributed by atoms with E-state index in [9.17, 15) is 0 Å². The maximum Gasteiger partial charge on any atom is 0.203 e. The summed E-state index contributed by atoms with van der Waals surface area (Å²) in [6.07, 6.45) is 0. The van der Waals surface area contributed by atoms with E-state index in [4.69, 9.17) is 5.73 Å². The Hall–Kier alpha value is -1.13. The summed E-state index contributed by atoms with van der Waals surface area (Å²) in [5, 5.41) is 0. The number of nitrogens with one attached hydrogen (secondary N) is 1. The molecule has 4 nitrogen and oxygen atoms in total. The number of fused-ring (bicyclic) bond motifs is 1. The number of H-pyrrole nitrogens is 1. The Morgan fingerprint density at radius 2 is 1.93 bits per heavy atom.